The third kappa shape index (κ3) is 4.05. The van der Waals surface area contributed by atoms with Crippen molar-refractivity contribution in [2.24, 2.45) is 11.0 Å². The first-order valence-electron chi connectivity index (χ1n) is 11.0. The maximum atomic E-state index is 13.1. The first kappa shape index (κ1) is 21.8. The summed E-state index contributed by atoms with van der Waals surface area (Å²) in [6.07, 6.45) is 2.69. The number of hydrogen-bond donors (Lipinski definition) is 1. The molecule has 1 N–H and O–H groups in total. The Morgan fingerprint density at radius 1 is 1.19 bits per heavy atom. The van der Waals surface area contributed by atoms with Crippen molar-refractivity contribution in [2.45, 2.75) is 39.5 Å². The normalized spacial score (nSPS) is 18.8. The molecule has 0 aromatic heterocycles. The van der Waals surface area contributed by atoms with Gasteiger partial charge in [-0.3, -0.25) is 4.79 Å². The minimum Gasteiger partial charge on any atom is -0.476 e. The van der Waals surface area contributed by atoms with Crippen LogP contribution in [0, 0.1) is 5.92 Å². The highest BCUT2D eigenvalue weighted by molar-refractivity contribution is 6.53. The lowest BCUT2D eigenvalue weighted by Crippen LogP contribution is -2.39. The van der Waals surface area contributed by atoms with Gasteiger partial charge >= 0.3 is 5.97 Å². The molecule has 6 nitrogen and oxygen atoms in total. The molecule has 0 saturated carbocycles. The molecule has 0 aliphatic carbocycles. The Kier molecular flexibility index (Phi) is 5.63. The first-order valence-corrected chi connectivity index (χ1v) is 11.0. The molecule has 2 aromatic carbocycles. The van der Waals surface area contributed by atoms with Gasteiger partial charge < -0.3 is 10.0 Å². The van der Waals surface area contributed by atoms with E-state index >= 15 is 0 Å². The SMILES string of the molecule is CC(C)CN1CCC(C)(C)c2cc(/C=C3\C(=O)N(c4ccccc4)N=C3C(=O)O)ccc21. The highest BCUT2D eigenvalue weighted by Crippen LogP contribution is 2.40. The van der Waals surface area contributed by atoms with Gasteiger partial charge in [0.1, 0.15) is 0 Å². The summed E-state index contributed by atoms with van der Waals surface area (Å²) >= 11 is 0. The van der Waals surface area contributed by atoms with Crippen molar-refractivity contribution in [1.29, 1.82) is 0 Å². The molecule has 2 aliphatic heterocycles. The number of nitrogens with zero attached hydrogens (tertiary/aromatic N) is 3. The number of carboxylic acid groups (broad SMARTS) is 1. The van der Waals surface area contributed by atoms with E-state index in [1.54, 1.807) is 30.3 Å². The van der Waals surface area contributed by atoms with Gasteiger partial charge in [-0.2, -0.15) is 10.1 Å². The minimum atomic E-state index is -1.22. The van der Waals surface area contributed by atoms with Crippen LogP contribution in [0.4, 0.5) is 11.4 Å². The summed E-state index contributed by atoms with van der Waals surface area (Å²) in [4.78, 5) is 27.4. The number of anilines is 2. The van der Waals surface area contributed by atoms with E-state index in [1.165, 1.54) is 11.3 Å². The maximum Gasteiger partial charge on any atom is 0.357 e. The molecule has 2 aliphatic rings. The standard InChI is InChI=1S/C26H29N3O3/c1-17(2)16-28-13-12-26(3,4)21-15-18(10-11-22(21)28)14-20-23(25(31)32)27-29(24(20)30)19-8-6-5-7-9-19/h5-11,14-15,17H,12-13,16H2,1-4H3,(H,31,32)/b20-14-. The smallest absolute Gasteiger partial charge is 0.357 e. The van der Waals surface area contributed by atoms with Crippen LogP contribution in [0.3, 0.4) is 0 Å². The number of carbonyl (C=O) groups excluding carboxylic acids is 1. The van der Waals surface area contributed by atoms with Crippen molar-refractivity contribution in [1.82, 2.24) is 0 Å². The summed E-state index contributed by atoms with van der Waals surface area (Å²) < 4.78 is 0. The zero-order valence-electron chi connectivity index (χ0n) is 19.0. The molecular weight excluding hydrogens is 402 g/mol. The van der Waals surface area contributed by atoms with Crippen LogP contribution in [0.25, 0.3) is 6.08 Å². The van der Waals surface area contributed by atoms with Gasteiger partial charge in [0.15, 0.2) is 5.71 Å². The molecule has 2 aromatic rings. The zero-order chi connectivity index (χ0) is 23.0. The number of hydrazone groups is 1. The zero-order valence-corrected chi connectivity index (χ0v) is 19.0. The highest BCUT2D eigenvalue weighted by Gasteiger charge is 2.36. The van der Waals surface area contributed by atoms with Crippen molar-refractivity contribution in [3.8, 4) is 0 Å². The van der Waals surface area contributed by atoms with Crippen LogP contribution in [0.15, 0.2) is 59.2 Å². The fourth-order valence-electron chi connectivity index (χ4n) is 4.37. The largest absolute Gasteiger partial charge is 0.476 e. The number of aliphatic carboxylic acids is 1. The number of rotatable bonds is 5. The van der Waals surface area contributed by atoms with Gasteiger partial charge in [0, 0.05) is 18.8 Å². The summed E-state index contributed by atoms with van der Waals surface area (Å²) in [6, 6.07) is 15.0. The number of fused-ring (bicyclic) bond motifs is 1. The lowest BCUT2D eigenvalue weighted by Gasteiger charge is -2.41. The average molecular weight is 432 g/mol. The average Bonchev–Trinajstić information content (AvgIpc) is 3.07. The number of benzene rings is 2. The highest BCUT2D eigenvalue weighted by atomic mass is 16.4. The second kappa shape index (κ2) is 8.26. The topological polar surface area (TPSA) is 73.2 Å². The molecule has 1 amide bonds. The first-order chi connectivity index (χ1) is 15.2. The number of amides is 1. The lowest BCUT2D eigenvalue weighted by atomic mass is 9.77. The van der Waals surface area contributed by atoms with E-state index in [1.807, 2.05) is 12.1 Å². The third-order valence-electron chi connectivity index (χ3n) is 6.07. The van der Waals surface area contributed by atoms with E-state index in [0.717, 1.165) is 30.1 Å². The molecule has 166 valence electrons. The van der Waals surface area contributed by atoms with Gasteiger partial charge in [-0.25, -0.2) is 4.79 Å². The molecule has 4 rings (SSSR count). The van der Waals surface area contributed by atoms with Gasteiger partial charge in [0.05, 0.1) is 11.3 Å². The summed E-state index contributed by atoms with van der Waals surface area (Å²) in [6.45, 7) is 10.9. The number of carbonyl (C=O) groups is 2. The predicted octanol–water partition coefficient (Wildman–Crippen LogP) is 4.70. The van der Waals surface area contributed by atoms with Crippen LogP contribution in [0.1, 0.15) is 45.2 Å². The maximum absolute atomic E-state index is 13.1. The van der Waals surface area contributed by atoms with Gasteiger partial charge in [0.25, 0.3) is 5.91 Å². The van der Waals surface area contributed by atoms with Crippen molar-refractivity contribution in [3.63, 3.8) is 0 Å². The second-order valence-electron chi connectivity index (χ2n) is 9.51. The van der Waals surface area contributed by atoms with Gasteiger partial charge in [-0.15, -0.1) is 0 Å². The van der Waals surface area contributed by atoms with Gasteiger partial charge in [-0.05, 0) is 59.2 Å². The molecule has 6 heteroatoms. The van der Waals surface area contributed by atoms with Crippen molar-refractivity contribution < 1.29 is 14.7 Å². The summed E-state index contributed by atoms with van der Waals surface area (Å²) in [5.41, 5.74) is 3.62. The molecule has 2 heterocycles. The van der Waals surface area contributed by atoms with E-state index in [4.69, 9.17) is 0 Å². The van der Waals surface area contributed by atoms with Crippen LogP contribution >= 0.6 is 0 Å². The number of para-hydroxylation sites is 1. The molecule has 0 radical (unpaired) electrons. The Labute approximate surface area is 188 Å². The predicted molar refractivity (Wildman–Crippen MR) is 128 cm³/mol. The molecule has 0 unspecified atom stereocenters. The summed E-state index contributed by atoms with van der Waals surface area (Å²) in [5.74, 6) is -1.10. The van der Waals surface area contributed by atoms with Crippen molar-refractivity contribution in [3.05, 3.63) is 65.2 Å². The Balaban J connectivity index is 1.74. The molecular formula is C26H29N3O3. The van der Waals surface area contributed by atoms with E-state index < -0.39 is 11.9 Å². The van der Waals surface area contributed by atoms with Crippen molar-refractivity contribution in [2.75, 3.05) is 23.0 Å². The van der Waals surface area contributed by atoms with E-state index in [9.17, 15) is 14.7 Å². The number of carboxylic acids is 1. The number of hydrogen-bond acceptors (Lipinski definition) is 4. The molecule has 0 spiro atoms. The quantitative estimate of drug-likeness (QED) is 0.697. The molecule has 0 bridgehead atoms. The van der Waals surface area contributed by atoms with E-state index in [0.29, 0.717) is 11.6 Å². The van der Waals surface area contributed by atoms with Gasteiger partial charge in [-0.1, -0.05) is 52.0 Å². The Bertz CT molecular complexity index is 1120. The van der Waals surface area contributed by atoms with Crippen LogP contribution in [-0.2, 0) is 15.0 Å². The second-order valence-corrected chi connectivity index (χ2v) is 9.51. The molecule has 0 fully saturated rings. The van der Waals surface area contributed by atoms with Crippen LogP contribution in [0.5, 0.6) is 0 Å². The summed E-state index contributed by atoms with van der Waals surface area (Å²) in [5, 5.41) is 14.9. The van der Waals surface area contributed by atoms with Crippen LogP contribution in [-0.4, -0.2) is 35.8 Å². The monoisotopic (exact) mass is 431 g/mol. The molecule has 0 saturated heterocycles. The fraction of sp³-hybridized carbons (Fsp3) is 0.346. The van der Waals surface area contributed by atoms with Crippen molar-refractivity contribution >= 4 is 35.0 Å². The Morgan fingerprint density at radius 3 is 2.56 bits per heavy atom. The molecule has 0 atom stereocenters. The van der Waals surface area contributed by atoms with Gasteiger partial charge in [0.2, 0.25) is 0 Å². The Morgan fingerprint density at radius 2 is 1.91 bits per heavy atom. The van der Waals surface area contributed by atoms with Crippen LogP contribution in [0.2, 0.25) is 0 Å². The van der Waals surface area contributed by atoms with Crippen LogP contribution < -0.4 is 9.91 Å². The minimum absolute atomic E-state index is 0.00317. The summed E-state index contributed by atoms with van der Waals surface area (Å²) in [7, 11) is 0. The van der Waals surface area contributed by atoms with E-state index in [-0.39, 0.29) is 16.7 Å². The fourth-order valence-corrected chi connectivity index (χ4v) is 4.37. The molecule has 32 heavy (non-hydrogen) atoms. The third-order valence-corrected chi connectivity index (χ3v) is 6.07. The van der Waals surface area contributed by atoms with E-state index in [2.05, 4.69) is 49.8 Å². The lowest BCUT2D eigenvalue weighted by molar-refractivity contribution is -0.129. The Hall–Kier alpha value is -3.41.